The predicted octanol–water partition coefficient (Wildman–Crippen LogP) is 2.20. The minimum absolute atomic E-state index is 0.635. The van der Waals surface area contributed by atoms with Crippen molar-refractivity contribution >= 4 is 11.5 Å². The maximum Gasteiger partial charge on any atom is 0.191 e. The van der Waals surface area contributed by atoms with Crippen molar-refractivity contribution in [1.29, 1.82) is 0 Å². The molecule has 0 bridgehead atoms. The number of rotatable bonds is 0. The van der Waals surface area contributed by atoms with E-state index in [1.54, 1.807) is 6.20 Å². The van der Waals surface area contributed by atoms with Crippen LogP contribution >= 0.6 is 0 Å². The van der Waals surface area contributed by atoms with Gasteiger partial charge in [0.25, 0.3) is 0 Å². The van der Waals surface area contributed by atoms with Crippen molar-refractivity contribution in [2.24, 2.45) is 5.84 Å². The summed E-state index contributed by atoms with van der Waals surface area (Å²) < 4.78 is 5.66. The van der Waals surface area contributed by atoms with Crippen molar-refractivity contribution < 1.29 is 4.74 Å². The highest BCUT2D eigenvalue weighted by atomic mass is 16.5. The topological polar surface area (TPSA) is 51.4 Å². The van der Waals surface area contributed by atoms with Crippen LogP contribution in [-0.2, 0) is 0 Å². The quantitative estimate of drug-likeness (QED) is 0.661. The van der Waals surface area contributed by atoms with E-state index in [-0.39, 0.29) is 0 Å². The zero-order chi connectivity index (χ0) is 10.3. The largest absolute Gasteiger partial charge is 0.451 e. The van der Waals surface area contributed by atoms with Gasteiger partial charge in [-0.05, 0) is 24.3 Å². The summed E-state index contributed by atoms with van der Waals surface area (Å²) in [5, 5.41) is 1.54. The Balaban J connectivity index is 2.20. The van der Waals surface area contributed by atoms with Gasteiger partial charge >= 0.3 is 0 Å². The number of anilines is 2. The lowest BCUT2D eigenvalue weighted by atomic mass is 10.2. The number of hydrogen-bond donors (Lipinski definition) is 1. The molecule has 0 saturated heterocycles. The van der Waals surface area contributed by atoms with Gasteiger partial charge in [0, 0.05) is 6.20 Å². The molecule has 0 spiro atoms. The predicted molar refractivity (Wildman–Crippen MR) is 57.1 cm³/mol. The van der Waals surface area contributed by atoms with E-state index >= 15 is 0 Å². The molecular formula is C11H9N3O. The molecule has 1 aliphatic rings. The Morgan fingerprint density at radius 2 is 1.87 bits per heavy atom. The van der Waals surface area contributed by atoms with Crippen molar-refractivity contribution in [1.82, 2.24) is 4.98 Å². The molecule has 4 heteroatoms. The number of para-hydroxylation sites is 2. The number of aromatic nitrogens is 1. The van der Waals surface area contributed by atoms with Gasteiger partial charge in [0.1, 0.15) is 5.69 Å². The van der Waals surface area contributed by atoms with Crippen LogP contribution in [0.1, 0.15) is 0 Å². The van der Waals surface area contributed by atoms with Crippen LogP contribution in [-0.4, -0.2) is 4.98 Å². The molecule has 2 aromatic rings. The lowest BCUT2D eigenvalue weighted by molar-refractivity contribution is 0.470. The Hall–Kier alpha value is -2.07. The van der Waals surface area contributed by atoms with Gasteiger partial charge in [0.15, 0.2) is 17.3 Å². The molecule has 74 valence electrons. The summed E-state index contributed by atoms with van der Waals surface area (Å²) in [6.07, 6.45) is 1.69. The van der Waals surface area contributed by atoms with Crippen LogP contribution in [0.2, 0.25) is 0 Å². The molecule has 2 heterocycles. The molecule has 0 amide bonds. The van der Waals surface area contributed by atoms with E-state index in [0.717, 1.165) is 11.4 Å². The Kier molecular flexibility index (Phi) is 1.63. The number of benzene rings is 1. The monoisotopic (exact) mass is 199 g/mol. The van der Waals surface area contributed by atoms with Crippen molar-refractivity contribution in [2.75, 3.05) is 5.01 Å². The first-order valence-electron chi connectivity index (χ1n) is 4.63. The molecule has 1 aliphatic heterocycles. The molecule has 3 rings (SSSR count). The molecule has 1 aromatic carbocycles. The number of fused-ring (bicyclic) bond motifs is 2. The highest BCUT2D eigenvalue weighted by Gasteiger charge is 2.22. The number of ether oxygens (including phenoxy) is 1. The maximum atomic E-state index is 5.95. The van der Waals surface area contributed by atoms with Gasteiger partial charge < -0.3 is 4.74 Å². The number of hydrazine groups is 1. The third-order valence-corrected chi connectivity index (χ3v) is 2.32. The van der Waals surface area contributed by atoms with Crippen LogP contribution in [0.3, 0.4) is 0 Å². The standard InChI is InChI=1S/C11H9N3O/c12-14-8-4-1-2-5-9(8)15-10-6-3-7-13-11(10)14/h1-7H,12H2. The maximum absolute atomic E-state index is 5.95. The number of nitrogens with zero attached hydrogens (tertiary/aromatic N) is 2. The van der Waals surface area contributed by atoms with Crippen LogP contribution in [0.15, 0.2) is 42.6 Å². The zero-order valence-corrected chi connectivity index (χ0v) is 7.92. The van der Waals surface area contributed by atoms with E-state index in [9.17, 15) is 0 Å². The highest BCUT2D eigenvalue weighted by molar-refractivity contribution is 5.73. The Morgan fingerprint density at radius 1 is 1.07 bits per heavy atom. The first kappa shape index (κ1) is 8.26. The van der Waals surface area contributed by atoms with E-state index < -0.39 is 0 Å². The SMILES string of the molecule is NN1c2ccccc2Oc2cccnc21. The normalized spacial score (nSPS) is 12.7. The first-order chi connectivity index (χ1) is 7.36. The van der Waals surface area contributed by atoms with Gasteiger partial charge in [0.2, 0.25) is 0 Å². The number of hydrogen-bond acceptors (Lipinski definition) is 4. The average Bonchev–Trinajstić information content (AvgIpc) is 2.30. The summed E-state index contributed by atoms with van der Waals surface area (Å²) in [6.45, 7) is 0. The van der Waals surface area contributed by atoms with Crippen molar-refractivity contribution in [3.63, 3.8) is 0 Å². The second-order valence-electron chi connectivity index (χ2n) is 3.26. The van der Waals surface area contributed by atoms with E-state index in [1.165, 1.54) is 5.01 Å². The molecule has 4 nitrogen and oxygen atoms in total. The fraction of sp³-hybridized carbons (Fsp3) is 0. The third kappa shape index (κ3) is 1.15. The number of nitrogens with two attached hydrogens (primary N) is 1. The third-order valence-electron chi connectivity index (χ3n) is 2.32. The van der Waals surface area contributed by atoms with Gasteiger partial charge in [-0.2, -0.15) is 0 Å². The van der Waals surface area contributed by atoms with Crippen molar-refractivity contribution in [2.45, 2.75) is 0 Å². The van der Waals surface area contributed by atoms with Crippen LogP contribution in [0, 0.1) is 0 Å². The molecule has 1 aromatic heterocycles. The van der Waals surface area contributed by atoms with E-state index in [0.29, 0.717) is 11.6 Å². The van der Waals surface area contributed by atoms with Crippen molar-refractivity contribution in [3.05, 3.63) is 42.6 Å². The van der Waals surface area contributed by atoms with Crippen molar-refractivity contribution in [3.8, 4) is 11.5 Å². The summed E-state index contributed by atoms with van der Waals surface area (Å²) in [5.41, 5.74) is 0.823. The summed E-state index contributed by atoms with van der Waals surface area (Å²) in [4.78, 5) is 4.18. The van der Waals surface area contributed by atoms with Gasteiger partial charge in [0.05, 0.1) is 0 Å². The fourth-order valence-electron chi connectivity index (χ4n) is 1.62. The minimum atomic E-state index is 0.635. The molecule has 0 atom stereocenters. The Morgan fingerprint density at radius 3 is 2.80 bits per heavy atom. The Labute approximate surface area is 86.9 Å². The zero-order valence-electron chi connectivity index (χ0n) is 7.92. The summed E-state index contributed by atoms with van der Waals surface area (Å²) in [7, 11) is 0. The first-order valence-corrected chi connectivity index (χ1v) is 4.63. The van der Waals surface area contributed by atoms with Crippen LogP contribution in [0.5, 0.6) is 11.5 Å². The van der Waals surface area contributed by atoms with E-state index in [1.807, 2.05) is 36.4 Å². The van der Waals surface area contributed by atoms with Crippen LogP contribution in [0.25, 0.3) is 0 Å². The van der Waals surface area contributed by atoms with E-state index in [4.69, 9.17) is 10.6 Å². The molecular weight excluding hydrogens is 190 g/mol. The second kappa shape index (κ2) is 2.96. The lowest BCUT2D eigenvalue weighted by Gasteiger charge is -2.27. The Bertz CT molecular complexity index is 467. The molecule has 15 heavy (non-hydrogen) atoms. The van der Waals surface area contributed by atoms with Gasteiger partial charge in [-0.3, -0.25) is 5.01 Å². The van der Waals surface area contributed by atoms with Crippen LogP contribution < -0.4 is 15.6 Å². The summed E-state index contributed by atoms with van der Waals surface area (Å²) >= 11 is 0. The van der Waals surface area contributed by atoms with Gasteiger partial charge in [-0.15, -0.1) is 0 Å². The average molecular weight is 199 g/mol. The molecule has 0 saturated carbocycles. The van der Waals surface area contributed by atoms with E-state index in [2.05, 4.69) is 4.98 Å². The molecule has 0 unspecified atom stereocenters. The van der Waals surface area contributed by atoms with Crippen LogP contribution in [0.4, 0.5) is 11.5 Å². The minimum Gasteiger partial charge on any atom is -0.451 e. The fourth-order valence-corrected chi connectivity index (χ4v) is 1.62. The molecule has 2 N–H and O–H groups in total. The molecule has 0 radical (unpaired) electrons. The second-order valence-corrected chi connectivity index (χ2v) is 3.26. The summed E-state index contributed by atoms with van der Waals surface area (Å²) in [6, 6.07) is 11.3. The van der Waals surface area contributed by atoms with Gasteiger partial charge in [-0.1, -0.05) is 12.1 Å². The number of pyridine rings is 1. The van der Waals surface area contributed by atoms with Gasteiger partial charge in [-0.25, -0.2) is 10.8 Å². The molecule has 0 aliphatic carbocycles. The highest BCUT2D eigenvalue weighted by Crippen LogP contribution is 2.42. The lowest BCUT2D eigenvalue weighted by Crippen LogP contribution is -2.28. The smallest absolute Gasteiger partial charge is 0.191 e. The molecule has 0 fully saturated rings. The summed E-state index contributed by atoms with van der Waals surface area (Å²) in [5.74, 6) is 8.01.